The number of anilines is 2. The van der Waals surface area contributed by atoms with Crippen LogP contribution in [0.3, 0.4) is 0 Å². The van der Waals surface area contributed by atoms with Crippen LogP contribution in [0.2, 0.25) is 0 Å². The summed E-state index contributed by atoms with van der Waals surface area (Å²) >= 11 is 0. The van der Waals surface area contributed by atoms with Crippen molar-refractivity contribution in [2.45, 2.75) is 13.5 Å². The summed E-state index contributed by atoms with van der Waals surface area (Å²) in [5.74, 6) is -0.708. The summed E-state index contributed by atoms with van der Waals surface area (Å²) in [5.41, 5.74) is 6.82. The molecule has 3 aromatic rings. The number of amides is 1. The van der Waals surface area contributed by atoms with Crippen LogP contribution in [0.5, 0.6) is 5.88 Å². The molecule has 0 atom stereocenters. The second kappa shape index (κ2) is 6.15. The fourth-order valence-electron chi connectivity index (χ4n) is 2.48. The van der Waals surface area contributed by atoms with Crippen molar-refractivity contribution in [1.29, 1.82) is 0 Å². The summed E-state index contributed by atoms with van der Waals surface area (Å²) in [6.07, 6.45) is 1.02. The lowest BCUT2D eigenvalue weighted by Crippen LogP contribution is -2.14. The number of hydrogen-bond acceptors (Lipinski definition) is 5. The minimum Gasteiger partial charge on any atom is -0.479 e. The van der Waals surface area contributed by atoms with E-state index in [2.05, 4.69) is 15.4 Å². The summed E-state index contributed by atoms with van der Waals surface area (Å²) in [7, 11) is 1.55. The molecule has 3 N–H and O–H groups in total. The highest BCUT2D eigenvalue weighted by molar-refractivity contribution is 5.98. The number of fused-ring (bicyclic) bond motifs is 1. The summed E-state index contributed by atoms with van der Waals surface area (Å²) in [6, 6.07) is 6.56. The van der Waals surface area contributed by atoms with Crippen LogP contribution in [0.25, 0.3) is 10.9 Å². The van der Waals surface area contributed by atoms with Gasteiger partial charge in [-0.25, -0.2) is 9.37 Å². The SMILES string of the molecule is CCn1nc(OC)c2cc(Nc3ncc(F)cc3C(N)=O)ccc21. The standard InChI is InChI=1S/C16H16FN5O2/c1-3-22-13-5-4-10(7-11(13)16(21-22)24-2)20-15-12(14(18)23)6-9(17)8-19-15/h4-8H,3H2,1-2H3,(H2,18,23)(H,19,20). The van der Waals surface area contributed by atoms with Gasteiger partial charge in [0.2, 0.25) is 5.88 Å². The first kappa shape index (κ1) is 15.7. The topological polar surface area (TPSA) is 95.1 Å². The van der Waals surface area contributed by atoms with Gasteiger partial charge < -0.3 is 15.8 Å². The normalized spacial score (nSPS) is 10.8. The Morgan fingerprint density at radius 1 is 1.42 bits per heavy atom. The molecule has 0 saturated carbocycles. The van der Waals surface area contributed by atoms with E-state index in [-0.39, 0.29) is 11.4 Å². The molecular weight excluding hydrogens is 313 g/mol. The Morgan fingerprint density at radius 2 is 2.21 bits per heavy atom. The Bertz CT molecular complexity index is 922. The van der Waals surface area contributed by atoms with Crippen molar-refractivity contribution in [2.75, 3.05) is 12.4 Å². The van der Waals surface area contributed by atoms with Crippen molar-refractivity contribution < 1.29 is 13.9 Å². The lowest BCUT2D eigenvalue weighted by atomic mass is 10.2. The number of benzene rings is 1. The fourth-order valence-corrected chi connectivity index (χ4v) is 2.48. The van der Waals surface area contributed by atoms with Crippen molar-refractivity contribution in [2.24, 2.45) is 5.73 Å². The second-order valence-electron chi connectivity index (χ2n) is 5.10. The molecule has 24 heavy (non-hydrogen) atoms. The minimum absolute atomic E-state index is 0.0219. The van der Waals surface area contributed by atoms with E-state index in [1.165, 1.54) is 0 Å². The summed E-state index contributed by atoms with van der Waals surface area (Å²) in [6.45, 7) is 2.69. The van der Waals surface area contributed by atoms with Crippen LogP contribution in [0.4, 0.5) is 15.9 Å². The highest BCUT2D eigenvalue weighted by Gasteiger charge is 2.14. The van der Waals surface area contributed by atoms with Crippen molar-refractivity contribution in [1.82, 2.24) is 14.8 Å². The van der Waals surface area contributed by atoms with Gasteiger partial charge in [-0.05, 0) is 31.2 Å². The van der Waals surface area contributed by atoms with Crippen molar-refractivity contribution in [3.63, 3.8) is 0 Å². The number of carbonyl (C=O) groups excluding carboxylic acids is 1. The number of methoxy groups -OCH3 is 1. The van der Waals surface area contributed by atoms with E-state index in [1.807, 2.05) is 29.8 Å². The Labute approximate surface area is 137 Å². The predicted octanol–water partition coefficient (Wildman–Crippen LogP) is 2.44. The number of aromatic nitrogens is 3. The number of carbonyl (C=O) groups is 1. The lowest BCUT2D eigenvalue weighted by Gasteiger charge is -2.09. The molecule has 0 bridgehead atoms. The smallest absolute Gasteiger partial charge is 0.252 e. The predicted molar refractivity (Wildman–Crippen MR) is 88.0 cm³/mol. The van der Waals surface area contributed by atoms with Crippen LogP contribution in [0, 0.1) is 5.82 Å². The number of halogens is 1. The molecule has 2 heterocycles. The first-order valence-corrected chi connectivity index (χ1v) is 7.30. The van der Waals surface area contributed by atoms with Gasteiger partial charge in [-0.3, -0.25) is 9.48 Å². The van der Waals surface area contributed by atoms with Crippen LogP contribution in [-0.2, 0) is 6.54 Å². The zero-order chi connectivity index (χ0) is 17.3. The highest BCUT2D eigenvalue weighted by Crippen LogP contribution is 2.29. The average Bonchev–Trinajstić information content (AvgIpc) is 2.93. The van der Waals surface area contributed by atoms with Crippen molar-refractivity contribution in [3.8, 4) is 5.88 Å². The van der Waals surface area contributed by atoms with Gasteiger partial charge in [0.15, 0.2) is 0 Å². The van der Waals surface area contributed by atoms with E-state index in [0.717, 1.165) is 23.2 Å². The van der Waals surface area contributed by atoms with E-state index in [4.69, 9.17) is 10.5 Å². The van der Waals surface area contributed by atoms with Gasteiger partial charge in [0.25, 0.3) is 5.91 Å². The molecule has 0 fully saturated rings. The van der Waals surface area contributed by atoms with Crippen LogP contribution >= 0.6 is 0 Å². The number of hydrogen-bond donors (Lipinski definition) is 2. The highest BCUT2D eigenvalue weighted by atomic mass is 19.1. The van der Waals surface area contributed by atoms with Gasteiger partial charge in [-0.15, -0.1) is 5.10 Å². The average molecular weight is 329 g/mol. The molecule has 0 aliphatic heterocycles. The third-order valence-corrected chi connectivity index (χ3v) is 3.59. The number of nitrogens with one attached hydrogen (secondary N) is 1. The first-order chi connectivity index (χ1) is 11.5. The fraction of sp³-hybridized carbons (Fsp3) is 0.188. The Hall–Kier alpha value is -3.16. The maximum absolute atomic E-state index is 13.3. The Balaban J connectivity index is 2.04. The zero-order valence-electron chi connectivity index (χ0n) is 13.2. The van der Waals surface area contributed by atoms with Crippen LogP contribution in [-0.4, -0.2) is 27.8 Å². The molecule has 0 radical (unpaired) electrons. The van der Waals surface area contributed by atoms with Crippen LogP contribution in [0.1, 0.15) is 17.3 Å². The van der Waals surface area contributed by atoms with E-state index in [1.54, 1.807) is 7.11 Å². The van der Waals surface area contributed by atoms with Gasteiger partial charge in [0.1, 0.15) is 11.6 Å². The van der Waals surface area contributed by atoms with Gasteiger partial charge in [-0.1, -0.05) is 0 Å². The number of pyridine rings is 1. The largest absolute Gasteiger partial charge is 0.479 e. The van der Waals surface area contributed by atoms with E-state index < -0.39 is 11.7 Å². The molecule has 1 amide bonds. The Morgan fingerprint density at radius 3 is 2.88 bits per heavy atom. The number of ether oxygens (including phenoxy) is 1. The molecule has 2 aromatic heterocycles. The molecule has 124 valence electrons. The summed E-state index contributed by atoms with van der Waals surface area (Å²) in [4.78, 5) is 15.4. The van der Waals surface area contributed by atoms with Crippen molar-refractivity contribution in [3.05, 3.63) is 41.8 Å². The second-order valence-corrected chi connectivity index (χ2v) is 5.10. The van der Waals surface area contributed by atoms with Gasteiger partial charge >= 0.3 is 0 Å². The number of nitrogens with zero attached hydrogens (tertiary/aromatic N) is 3. The Kier molecular flexibility index (Phi) is 4.03. The van der Waals surface area contributed by atoms with Gasteiger partial charge in [0.05, 0.1) is 29.8 Å². The first-order valence-electron chi connectivity index (χ1n) is 7.30. The summed E-state index contributed by atoms with van der Waals surface area (Å²) in [5, 5.41) is 8.15. The quantitative estimate of drug-likeness (QED) is 0.749. The molecule has 0 spiro atoms. The van der Waals surface area contributed by atoms with E-state index >= 15 is 0 Å². The lowest BCUT2D eigenvalue weighted by molar-refractivity contribution is 0.100. The molecule has 0 saturated heterocycles. The van der Waals surface area contributed by atoms with E-state index in [0.29, 0.717) is 18.1 Å². The molecule has 8 heteroatoms. The maximum Gasteiger partial charge on any atom is 0.252 e. The molecular formula is C16H16FN5O2. The van der Waals surface area contributed by atoms with Crippen molar-refractivity contribution >= 4 is 28.3 Å². The molecule has 3 rings (SSSR count). The summed E-state index contributed by atoms with van der Waals surface area (Å²) < 4.78 is 20.4. The van der Waals surface area contributed by atoms with Crippen LogP contribution < -0.4 is 15.8 Å². The molecule has 0 aliphatic carbocycles. The van der Waals surface area contributed by atoms with Gasteiger partial charge in [-0.2, -0.15) is 0 Å². The molecule has 0 aliphatic rings. The molecule has 7 nitrogen and oxygen atoms in total. The number of rotatable bonds is 5. The molecule has 0 unspecified atom stereocenters. The van der Waals surface area contributed by atoms with E-state index in [9.17, 15) is 9.18 Å². The van der Waals surface area contributed by atoms with Gasteiger partial charge in [0, 0.05) is 12.2 Å². The van der Waals surface area contributed by atoms with Crippen LogP contribution in [0.15, 0.2) is 30.5 Å². The molecule has 1 aromatic carbocycles. The number of nitrogens with two attached hydrogens (primary N) is 1. The number of aryl methyl sites for hydroxylation is 1. The number of primary amides is 1. The third kappa shape index (κ3) is 2.73. The third-order valence-electron chi connectivity index (χ3n) is 3.59. The maximum atomic E-state index is 13.3. The monoisotopic (exact) mass is 329 g/mol. The minimum atomic E-state index is -0.762. The zero-order valence-corrected chi connectivity index (χ0v) is 13.2.